The summed E-state index contributed by atoms with van der Waals surface area (Å²) in [7, 11) is 3.22. The van der Waals surface area contributed by atoms with Gasteiger partial charge in [-0.05, 0) is 30.2 Å². The van der Waals surface area contributed by atoms with Crippen LogP contribution in [-0.2, 0) is 17.8 Å². The maximum atomic E-state index is 12.8. The van der Waals surface area contributed by atoms with Crippen molar-refractivity contribution in [2.24, 2.45) is 0 Å². The SMILES string of the molecule is COc1cccc(OC)c1CC(=O)N1Cc2ccccc2C1C. The first kappa shape index (κ1) is 15.4. The molecular weight excluding hydrogens is 290 g/mol. The van der Waals surface area contributed by atoms with Gasteiger partial charge in [0.15, 0.2) is 0 Å². The third-order valence-corrected chi connectivity index (χ3v) is 4.49. The number of nitrogens with zero attached hydrogens (tertiary/aromatic N) is 1. The van der Waals surface area contributed by atoms with Gasteiger partial charge in [-0.25, -0.2) is 0 Å². The van der Waals surface area contributed by atoms with Crippen LogP contribution in [0, 0.1) is 0 Å². The Kier molecular flexibility index (Phi) is 4.24. The zero-order chi connectivity index (χ0) is 16.4. The minimum absolute atomic E-state index is 0.0801. The van der Waals surface area contributed by atoms with Gasteiger partial charge in [0.1, 0.15) is 11.5 Å². The van der Waals surface area contributed by atoms with Crippen molar-refractivity contribution in [3.05, 3.63) is 59.2 Å². The van der Waals surface area contributed by atoms with Crippen LogP contribution < -0.4 is 9.47 Å². The maximum Gasteiger partial charge on any atom is 0.228 e. The monoisotopic (exact) mass is 311 g/mol. The molecule has 4 heteroatoms. The van der Waals surface area contributed by atoms with Gasteiger partial charge in [0.25, 0.3) is 0 Å². The average Bonchev–Trinajstić information content (AvgIpc) is 2.92. The van der Waals surface area contributed by atoms with Crippen LogP contribution in [-0.4, -0.2) is 25.0 Å². The van der Waals surface area contributed by atoms with Crippen LogP contribution in [0.25, 0.3) is 0 Å². The van der Waals surface area contributed by atoms with E-state index in [1.807, 2.05) is 35.2 Å². The molecule has 1 heterocycles. The van der Waals surface area contributed by atoms with Crippen molar-refractivity contribution in [1.29, 1.82) is 0 Å². The van der Waals surface area contributed by atoms with Gasteiger partial charge < -0.3 is 14.4 Å². The molecule has 0 fully saturated rings. The zero-order valence-corrected chi connectivity index (χ0v) is 13.7. The van der Waals surface area contributed by atoms with Gasteiger partial charge in [-0.2, -0.15) is 0 Å². The number of fused-ring (bicyclic) bond motifs is 1. The molecule has 0 N–H and O–H groups in total. The molecule has 0 radical (unpaired) electrons. The molecular formula is C19H21NO3. The van der Waals surface area contributed by atoms with Crippen molar-refractivity contribution in [2.75, 3.05) is 14.2 Å². The second-order valence-corrected chi connectivity index (χ2v) is 5.71. The van der Waals surface area contributed by atoms with E-state index in [0.717, 1.165) is 5.56 Å². The van der Waals surface area contributed by atoms with Gasteiger partial charge in [-0.15, -0.1) is 0 Å². The van der Waals surface area contributed by atoms with Crippen molar-refractivity contribution < 1.29 is 14.3 Å². The molecule has 0 saturated carbocycles. The smallest absolute Gasteiger partial charge is 0.228 e. The highest BCUT2D eigenvalue weighted by molar-refractivity contribution is 5.81. The number of hydrogen-bond acceptors (Lipinski definition) is 3. The molecule has 3 rings (SSSR count). The Morgan fingerprint density at radius 2 is 1.74 bits per heavy atom. The molecule has 2 aromatic carbocycles. The lowest BCUT2D eigenvalue weighted by atomic mass is 10.1. The van der Waals surface area contributed by atoms with Crippen LogP contribution in [0.4, 0.5) is 0 Å². The Morgan fingerprint density at radius 1 is 1.09 bits per heavy atom. The molecule has 2 aromatic rings. The van der Waals surface area contributed by atoms with Gasteiger partial charge in [0.2, 0.25) is 5.91 Å². The minimum atomic E-state index is 0.0801. The largest absolute Gasteiger partial charge is 0.496 e. The fourth-order valence-electron chi connectivity index (χ4n) is 3.23. The Labute approximate surface area is 136 Å². The maximum absolute atomic E-state index is 12.8. The zero-order valence-electron chi connectivity index (χ0n) is 13.7. The van der Waals surface area contributed by atoms with E-state index in [1.165, 1.54) is 11.1 Å². The number of amides is 1. The van der Waals surface area contributed by atoms with Crippen LogP contribution in [0.15, 0.2) is 42.5 Å². The van der Waals surface area contributed by atoms with E-state index in [1.54, 1.807) is 14.2 Å². The summed E-state index contributed by atoms with van der Waals surface area (Å²) in [6.45, 7) is 2.73. The van der Waals surface area contributed by atoms with Crippen LogP contribution >= 0.6 is 0 Å². The number of ether oxygens (including phenoxy) is 2. The lowest BCUT2D eigenvalue weighted by Crippen LogP contribution is -2.29. The Balaban J connectivity index is 1.84. The first-order chi connectivity index (χ1) is 11.2. The number of benzene rings is 2. The van der Waals surface area contributed by atoms with Gasteiger partial charge in [-0.3, -0.25) is 4.79 Å². The molecule has 0 aliphatic carbocycles. The van der Waals surface area contributed by atoms with Gasteiger partial charge in [0.05, 0.1) is 26.7 Å². The van der Waals surface area contributed by atoms with E-state index < -0.39 is 0 Å². The van der Waals surface area contributed by atoms with Gasteiger partial charge in [-0.1, -0.05) is 30.3 Å². The number of methoxy groups -OCH3 is 2. The Bertz CT molecular complexity index is 704. The molecule has 23 heavy (non-hydrogen) atoms. The minimum Gasteiger partial charge on any atom is -0.496 e. The first-order valence-corrected chi connectivity index (χ1v) is 7.72. The predicted octanol–water partition coefficient (Wildman–Crippen LogP) is 3.35. The molecule has 0 aromatic heterocycles. The Hall–Kier alpha value is -2.49. The lowest BCUT2D eigenvalue weighted by molar-refractivity contribution is -0.132. The highest BCUT2D eigenvalue weighted by Crippen LogP contribution is 2.35. The molecule has 120 valence electrons. The summed E-state index contributed by atoms with van der Waals surface area (Å²) in [5.41, 5.74) is 3.25. The molecule has 1 aliphatic heterocycles. The van der Waals surface area contributed by atoms with Crippen molar-refractivity contribution in [2.45, 2.75) is 25.9 Å². The normalized spacial score (nSPS) is 16.1. The van der Waals surface area contributed by atoms with E-state index in [0.29, 0.717) is 18.0 Å². The van der Waals surface area contributed by atoms with Crippen molar-refractivity contribution in [3.63, 3.8) is 0 Å². The summed E-state index contributed by atoms with van der Waals surface area (Å²) < 4.78 is 10.8. The summed E-state index contributed by atoms with van der Waals surface area (Å²) in [5.74, 6) is 1.45. The molecule has 1 aliphatic rings. The van der Waals surface area contributed by atoms with Crippen LogP contribution in [0.5, 0.6) is 11.5 Å². The summed E-state index contributed by atoms with van der Waals surface area (Å²) in [6, 6.07) is 13.9. The Morgan fingerprint density at radius 3 is 2.35 bits per heavy atom. The second kappa shape index (κ2) is 6.32. The van der Waals surface area contributed by atoms with Gasteiger partial charge >= 0.3 is 0 Å². The van der Waals surface area contributed by atoms with E-state index in [9.17, 15) is 4.79 Å². The fourth-order valence-corrected chi connectivity index (χ4v) is 3.23. The quantitative estimate of drug-likeness (QED) is 0.869. The third-order valence-electron chi connectivity index (χ3n) is 4.49. The molecule has 1 amide bonds. The van der Waals surface area contributed by atoms with E-state index >= 15 is 0 Å². The number of carbonyl (C=O) groups excluding carboxylic acids is 1. The topological polar surface area (TPSA) is 38.8 Å². The summed E-state index contributed by atoms with van der Waals surface area (Å²) in [4.78, 5) is 14.8. The van der Waals surface area contributed by atoms with Crippen LogP contribution in [0.3, 0.4) is 0 Å². The van der Waals surface area contributed by atoms with Crippen molar-refractivity contribution in [1.82, 2.24) is 4.90 Å². The fraction of sp³-hybridized carbons (Fsp3) is 0.316. The highest BCUT2D eigenvalue weighted by Gasteiger charge is 2.30. The molecule has 4 nitrogen and oxygen atoms in total. The third kappa shape index (κ3) is 2.77. The number of hydrogen-bond donors (Lipinski definition) is 0. The van der Waals surface area contributed by atoms with Crippen LogP contribution in [0.1, 0.15) is 29.7 Å². The lowest BCUT2D eigenvalue weighted by Gasteiger charge is -2.23. The van der Waals surface area contributed by atoms with E-state index in [-0.39, 0.29) is 18.4 Å². The number of rotatable bonds is 4. The predicted molar refractivity (Wildman–Crippen MR) is 88.7 cm³/mol. The molecule has 0 spiro atoms. The van der Waals surface area contributed by atoms with E-state index in [2.05, 4.69) is 19.1 Å². The summed E-state index contributed by atoms with van der Waals surface area (Å²) in [6.07, 6.45) is 0.269. The van der Waals surface area contributed by atoms with Crippen molar-refractivity contribution in [3.8, 4) is 11.5 Å². The standard InChI is InChI=1S/C19H21NO3/c1-13-15-8-5-4-7-14(15)12-20(13)19(21)11-16-17(22-2)9-6-10-18(16)23-3/h4-10,13H,11-12H2,1-3H3. The van der Waals surface area contributed by atoms with Gasteiger partial charge in [0, 0.05) is 12.1 Å². The highest BCUT2D eigenvalue weighted by atomic mass is 16.5. The number of carbonyl (C=O) groups is 1. The van der Waals surface area contributed by atoms with E-state index in [4.69, 9.17) is 9.47 Å². The summed E-state index contributed by atoms with van der Waals surface area (Å²) in [5, 5.41) is 0. The van der Waals surface area contributed by atoms with Crippen molar-refractivity contribution >= 4 is 5.91 Å². The molecule has 1 unspecified atom stereocenters. The van der Waals surface area contributed by atoms with Crippen LogP contribution in [0.2, 0.25) is 0 Å². The second-order valence-electron chi connectivity index (χ2n) is 5.71. The molecule has 1 atom stereocenters. The molecule has 0 bridgehead atoms. The first-order valence-electron chi connectivity index (χ1n) is 7.72. The molecule has 0 saturated heterocycles. The summed E-state index contributed by atoms with van der Waals surface area (Å²) >= 11 is 0. The average molecular weight is 311 g/mol.